The van der Waals surface area contributed by atoms with Gasteiger partial charge in [0.05, 0.1) is 32.0 Å². The van der Waals surface area contributed by atoms with Crippen molar-refractivity contribution in [2.24, 2.45) is 4.99 Å². The van der Waals surface area contributed by atoms with E-state index in [9.17, 15) is 9.59 Å². The second kappa shape index (κ2) is 12.9. The van der Waals surface area contributed by atoms with Crippen molar-refractivity contribution in [1.29, 1.82) is 0 Å². The molecule has 0 N–H and O–H groups in total. The molecule has 0 saturated heterocycles. The van der Waals surface area contributed by atoms with E-state index in [0.717, 1.165) is 33.9 Å². The van der Waals surface area contributed by atoms with E-state index < -0.39 is 12.0 Å². The number of halogens is 3. The number of ether oxygens (including phenoxy) is 2. The molecule has 0 saturated carbocycles. The van der Waals surface area contributed by atoms with Crippen LogP contribution >= 0.6 is 72.4 Å². The number of carbonyl (C=O) groups is 1. The first-order valence-corrected chi connectivity index (χ1v) is 16.6. The van der Waals surface area contributed by atoms with E-state index in [1.165, 1.54) is 11.3 Å². The Morgan fingerprint density at radius 3 is 2.49 bits per heavy atom. The Morgan fingerprint density at radius 2 is 1.80 bits per heavy atom. The van der Waals surface area contributed by atoms with Crippen LogP contribution in [0.15, 0.2) is 86.2 Å². The molecule has 1 aliphatic rings. The minimum absolute atomic E-state index is 0.221. The zero-order chi connectivity index (χ0) is 29.3. The Bertz CT molecular complexity index is 1850. The van der Waals surface area contributed by atoms with Gasteiger partial charge in [-0.3, -0.25) is 9.36 Å². The van der Waals surface area contributed by atoms with Gasteiger partial charge in [-0.2, -0.15) is 0 Å². The fraction of sp³-hybridized carbons (Fsp3) is 0.194. The first-order valence-electron chi connectivity index (χ1n) is 12.8. The molecule has 4 aromatic rings. The Kier molecular flexibility index (Phi) is 9.51. The summed E-state index contributed by atoms with van der Waals surface area (Å²) in [6.07, 6.45) is 1.86. The van der Waals surface area contributed by atoms with E-state index in [0.29, 0.717) is 33.0 Å². The molecule has 3 aromatic carbocycles. The molecule has 1 aromatic heterocycles. The molecule has 41 heavy (non-hydrogen) atoms. The fourth-order valence-corrected chi connectivity index (χ4v) is 7.92. The number of esters is 1. The van der Waals surface area contributed by atoms with Crippen molar-refractivity contribution >= 4 is 84.5 Å². The average Bonchev–Trinajstić information content (AvgIpc) is 3.23. The van der Waals surface area contributed by atoms with E-state index in [4.69, 9.17) is 9.47 Å². The topological polar surface area (TPSA) is 69.9 Å². The summed E-state index contributed by atoms with van der Waals surface area (Å²) >= 11 is 9.31. The summed E-state index contributed by atoms with van der Waals surface area (Å²) in [7, 11) is 0. The molecule has 6 nitrogen and oxygen atoms in total. The maximum atomic E-state index is 14.1. The summed E-state index contributed by atoms with van der Waals surface area (Å²) in [4.78, 5) is 32.4. The van der Waals surface area contributed by atoms with Gasteiger partial charge in [0.2, 0.25) is 0 Å². The molecule has 0 bridgehead atoms. The van der Waals surface area contributed by atoms with E-state index in [1.807, 2.05) is 73.7 Å². The molecule has 210 valence electrons. The van der Waals surface area contributed by atoms with E-state index in [-0.39, 0.29) is 12.2 Å². The molecule has 10 heteroatoms. The minimum atomic E-state index is -0.641. The second-order valence-corrected chi connectivity index (χ2v) is 13.8. The lowest BCUT2D eigenvalue weighted by Gasteiger charge is -2.24. The van der Waals surface area contributed by atoms with Crippen molar-refractivity contribution in [3.63, 3.8) is 0 Å². The van der Waals surface area contributed by atoms with Crippen LogP contribution in [0.1, 0.15) is 42.1 Å². The monoisotopic (exact) mass is 854 g/mol. The first-order chi connectivity index (χ1) is 19.7. The molecule has 1 aliphatic heterocycles. The molecule has 0 fully saturated rings. The van der Waals surface area contributed by atoms with Crippen LogP contribution in [0.2, 0.25) is 0 Å². The van der Waals surface area contributed by atoms with E-state index >= 15 is 0 Å². The van der Waals surface area contributed by atoms with E-state index in [2.05, 4.69) is 66.1 Å². The number of aromatic nitrogens is 1. The van der Waals surface area contributed by atoms with Gasteiger partial charge in [0.25, 0.3) is 5.56 Å². The highest BCUT2D eigenvalue weighted by Gasteiger charge is 2.33. The van der Waals surface area contributed by atoms with Crippen molar-refractivity contribution in [2.75, 3.05) is 6.61 Å². The number of nitrogens with zero attached hydrogens (tertiary/aromatic N) is 2. The maximum Gasteiger partial charge on any atom is 0.338 e. The number of benzene rings is 3. The van der Waals surface area contributed by atoms with Crippen molar-refractivity contribution in [3.05, 3.63) is 125 Å². The standard InChI is InChI=1S/C31H25BrI2N2O4S/c1-4-39-30(38)26-18(3)35-31-36(27(26)20-9-5-17(2)6-10-20)29(37)25(41-31)14-21-13-23(33)15-24(34)28(21)40-16-19-7-11-22(32)12-8-19/h5-15,27H,4,16H2,1-3H3/b25-14-/t27-/m0/s1. The SMILES string of the molecule is CCOC(=O)C1=C(C)N=c2s/c(=C\c3cc(I)cc(I)c3OCc3ccc(Br)cc3)c(=O)n2[C@H]1c1ccc(C)cc1. The summed E-state index contributed by atoms with van der Waals surface area (Å²) in [6.45, 7) is 6.18. The molecule has 0 radical (unpaired) electrons. The maximum absolute atomic E-state index is 14.1. The van der Waals surface area contributed by atoms with Gasteiger partial charge in [0.1, 0.15) is 12.4 Å². The van der Waals surface area contributed by atoms with Crippen molar-refractivity contribution in [2.45, 2.75) is 33.4 Å². The van der Waals surface area contributed by atoms with Crippen molar-refractivity contribution in [1.82, 2.24) is 4.57 Å². The number of carbonyl (C=O) groups excluding carboxylic acids is 1. The number of hydrogen-bond donors (Lipinski definition) is 0. The first kappa shape index (κ1) is 30.2. The Balaban J connectivity index is 1.64. The Hall–Kier alpha value is -2.29. The second-order valence-electron chi connectivity index (χ2n) is 9.43. The quantitative estimate of drug-likeness (QED) is 0.154. The molecule has 0 unspecified atom stereocenters. The lowest BCUT2D eigenvalue weighted by molar-refractivity contribution is -0.139. The third-order valence-electron chi connectivity index (χ3n) is 6.53. The van der Waals surface area contributed by atoms with Crippen molar-refractivity contribution < 1.29 is 14.3 Å². The van der Waals surface area contributed by atoms with Crippen LogP contribution < -0.4 is 19.6 Å². The lowest BCUT2D eigenvalue weighted by Crippen LogP contribution is -2.39. The van der Waals surface area contributed by atoms with Gasteiger partial charge >= 0.3 is 5.97 Å². The number of fused-ring (bicyclic) bond motifs is 1. The number of hydrogen-bond acceptors (Lipinski definition) is 6. The van der Waals surface area contributed by atoms with Crippen LogP contribution in [0.25, 0.3) is 6.08 Å². The molecular weight excluding hydrogens is 830 g/mol. The minimum Gasteiger partial charge on any atom is -0.487 e. The van der Waals surface area contributed by atoms with Crippen LogP contribution in [0.5, 0.6) is 5.75 Å². The highest BCUT2D eigenvalue weighted by Crippen LogP contribution is 2.32. The zero-order valence-electron chi connectivity index (χ0n) is 22.4. The number of allylic oxidation sites excluding steroid dienone is 1. The predicted molar refractivity (Wildman–Crippen MR) is 182 cm³/mol. The third kappa shape index (κ3) is 6.55. The average molecular weight is 855 g/mol. The highest BCUT2D eigenvalue weighted by atomic mass is 127. The summed E-state index contributed by atoms with van der Waals surface area (Å²) < 4.78 is 16.8. The number of thiazole rings is 1. The summed E-state index contributed by atoms with van der Waals surface area (Å²) in [5, 5.41) is 0. The van der Waals surface area contributed by atoms with Gasteiger partial charge < -0.3 is 9.47 Å². The van der Waals surface area contributed by atoms with Gasteiger partial charge in [-0.1, -0.05) is 69.2 Å². The number of rotatable bonds is 7. The normalized spacial score (nSPS) is 15.0. The van der Waals surface area contributed by atoms with Crippen molar-refractivity contribution in [3.8, 4) is 5.75 Å². The molecule has 0 spiro atoms. The molecule has 0 aliphatic carbocycles. The van der Waals surface area contributed by atoms with Gasteiger partial charge in [-0.25, -0.2) is 9.79 Å². The summed E-state index contributed by atoms with van der Waals surface area (Å²) in [5.74, 6) is 0.239. The van der Waals surface area contributed by atoms with Gasteiger partial charge in [-0.15, -0.1) is 0 Å². The molecule has 0 amide bonds. The van der Waals surface area contributed by atoms with Crippen LogP contribution in [0.4, 0.5) is 0 Å². The molecule has 2 heterocycles. The Morgan fingerprint density at radius 1 is 1.10 bits per heavy atom. The van der Waals surface area contributed by atoms with Gasteiger partial charge in [-0.05, 0) is 107 Å². The third-order valence-corrected chi connectivity index (χ3v) is 9.47. The van der Waals surface area contributed by atoms with Crippen LogP contribution in [-0.4, -0.2) is 17.1 Å². The van der Waals surface area contributed by atoms with Crippen LogP contribution in [0.3, 0.4) is 0 Å². The highest BCUT2D eigenvalue weighted by molar-refractivity contribution is 14.1. The molecule has 1 atom stereocenters. The van der Waals surface area contributed by atoms with Crippen LogP contribution in [0, 0.1) is 14.1 Å². The summed E-state index contributed by atoms with van der Waals surface area (Å²) in [6, 6.07) is 19.2. The largest absolute Gasteiger partial charge is 0.487 e. The molecule has 5 rings (SSSR count). The summed E-state index contributed by atoms with van der Waals surface area (Å²) in [5.41, 5.74) is 4.44. The molecular formula is C31H25BrI2N2O4S. The van der Waals surface area contributed by atoms with E-state index in [1.54, 1.807) is 18.4 Å². The fourth-order valence-electron chi connectivity index (χ4n) is 4.57. The number of aryl methyl sites for hydroxylation is 1. The predicted octanol–water partition coefficient (Wildman–Crippen LogP) is 6.66. The lowest BCUT2D eigenvalue weighted by atomic mass is 9.95. The van der Waals surface area contributed by atoms with Gasteiger partial charge in [0, 0.05) is 13.6 Å². The van der Waals surface area contributed by atoms with Gasteiger partial charge in [0.15, 0.2) is 4.80 Å². The zero-order valence-corrected chi connectivity index (χ0v) is 29.1. The van der Waals surface area contributed by atoms with Crippen LogP contribution in [-0.2, 0) is 16.1 Å². The Labute approximate surface area is 277 Å². The smallest absolute Gasteiger partial charge is 0.338 e.